The maximum absolute atomic E-state index is 9.60. The van der Waals surface area contributed by atoms with Crippen molar-refractivity contribution in [1.82, 2.24) is 0 Å². The van der Waals surface area contributed by atoms with Crippen LogP contribution in [0.4, 0.5) is 0 Å². The zero-order valence-corrected chi connectivity index (χ0v) is 14.2. The third-order valence-corrected chi connectivity index (χ3v) is 8.91. The van der Waals surface area contributed by atoms with E-state index >= 15 is 0 Å². The predicted octanol–water partition coefficient (Wildman–Crippen LogP) is 4.35. The van der Waals surface area contributed by atoms with Gasteiger partial charge in [-0.15, -0.1) is 11.6 Å². The van der Waals surface area contributed by atoms with Gasteiger partial charge in [0.1, 0.15) is 0 Å². The van der Waals surface area contributed by atoms with Gasteiger partial charge in [-0.25, -0.2) is 0 Å². The van der Waals surface area contributed by atoms with Gasteiger partial charge < -0.3 is 9.53 Å². The van der Waals surface area contributed by atoms with E-state index in [1.807, 2.05) is 30.3 Å². The molecule has 0 aliphatic heterocycles. The average molecular weight is 301 g/mol. The van der Waals surface area contributed by atoms with Crippen molar-refractivity contribution in [3.05, 3.63) is 35.9 Å². The van der Waals surface area contributed by atoms with Gasteiger partial charge in [-0.05, 0) is 23.7 Å². The van der Waals surface area contributed by atoms with Crippen molar-refractivity contribution < 1.29 is 9.53 Å². The van der Waals surface area contributed by atoms with E-state index in [9.17, 15) is 5.11 Å². The van der Waals surface area contributed by atoms with E-state index in [-0.39, 0.29) is 23.1 Å². The number of rotatable bonds is 5. The van der Waals surface area contributed by atoms with Crippen LogP contribution >= 0.6 is 11.6 Å². The van der Waals surface area contributed by atoms with Crippen molar-refractivity contribution in [3.8, 4) is 0 Å². The van der Waals surface area contributed by atoms with Gasteiger partial charge in [0.05, 0.1) is 18.1 Å². The van der Waals surface area contributed by atoms with Gasteiger partial charge in [0, 0.05) is 0 Å². The smallest absolute Gasteiger partial charge is 0.192 e. The molecule has 1 N–H and O–H groups in total. The minimum atomic E-state index is -1.93. The average Bonchev–Trinajstić information content (AvgIpc) is 2.35. The predicted molar refractivity (Wildman–Crippen MR) is 84.2 cm³/mol. The summed E-state index contributed by atoms with van der Waals surface area (Å²) in [7, 11) is -1.93. The number of halogens is 1. The lowest BCUT2D eigenvalue weighted by molar-refractivity contribution is 0.0991. The standard InChI is InChI=1S/C15H25ClO2Si/c1-15(2,3)19(4,5)18-13(11-17)14(16)12-9-7-6-8-10-12/h6-10,13-14,17H,11H2,1-5H3/t13-,14+/m1/s1. The second-order valence-electron chi connectivity index (χ2n) is 6.41. The van der Waals surface area contributed by atoms with Crippen LogP contribution in [0.5, 0.6) is 0 Å². The normalized spacial score (nSPS) is 16.2. The molecule has 0 aromatic heterocycles. The van der Waals surface area contributed by atoms with Crippen molar-refractivity contribution >= 4 is 19.9 Å². The van der Waals surface area contributed by atoms with E-state index in [4.69, 9.17) is 16.0 Å². The summed E-state index contributed by atoms with van der Waals surface area (Å²) >= 11 is 6.47. The van der Waals surface area contributed by atoms with Crippen LogP contribution < -0.4 is 0 Å². The summed E-state index contributed by atoms with van der Waals surface area (Å²) in [4.78, 5) is 0. The van der Waals surface area contributed by atoms with Gasteiger partial charge >= 0.3 is 0 Å². The Bertz CT molecular complexity index is 387. The Balaban J connectivity index is 2.85. The van der Waals surface area contributed by atoms with Gasteiger partial charge in [0.25, 0.3) is 0 Å². The van der Waals surface area contributed by atoms with E-state index in [2.05, 4.69) is 33.9 Å². The molecule has 2 nitrogen and oxygen atoms in total. The minimum absolute atomic E-state index is 0.0599. The van der Waals surface area contributed by atoms with Crippen LogP contribution in [-0.2, 0) is 4.43 Å². The lowest BCUT2D eigenvalue weighted by atomic mass is 10.1. The summed E-state index contributed by atoms with van der Waals surface area (Å²) in [6.45, 7) is 10.8. The van der Waals surface area contributed by atoms with Crippen LogP contribution in [0.3, 0.4) is 0 Å². The monoisotopic (exact) mass is 300 g/mol. The van der Waals surface area contributed by atoms with Crippen LogP contribution in [0.2, 0.25) is 18.1 Å². The highest BCUT2D eigenvalue weighted by atomic mass is 35.5. The fraction of sp³-hybridized carbons (Fsp3) is 0.600. The molecule has 2 atom stereocenters. The van der Waals surface area contributed by atoms with Crippen molar-refractivity contribution in [2.45, 2.75) is 50.4 Å². The Morgan fingerprint density at radius 1 is 1.21 bits per heavy atom. The van der Waals surface area contributed by atoms with Crippen LogP contribution in [0.1, 0.15) is 31.7 Å². The molecule has 0 amide bonds. The Kier molecular flexibility index (Phi) is 5.62. The first kappa shape index (κ1) is 16.7. The highest BCUT2D eigenvalue weighted by Crippen LogP contribution is 2.39. The zero-order chi connectivity index (χ0) is 14.7. The topological polar surface area (TPSA) is 29.5 Å². The van der Waals surface area contributed by atoms with E-state index in [0.717, 1.165) is 5.56 Å². The van der Waals surface area contributed by atoms with Gasteiger partial charge in [-0.3, -0.25) is 0 Å². The SMILES string of the molecule is CC(C)(C)[Si](C)(C)O[C@H](CO)[C@@H](Cl)c1ccccc1. The lowest BCUT2D eigenvalue weighted by Crippen LogP contribution is -2.45. The number of hydrogen-bond acceptors (Lipinski definition) is 2. The maximum atomic E-state index is 9.60. The lowest BCUT2D eigenvalue weighted by Gasteiger charge is -2.40. The highest BCUT2D eigenvalue weighted by molar-refractivity contribution is 6.74. The van der Waals surface area contributed by atoms with Crippen LogP contribution in [0.25, 0.3) is 0 Å². The first-order chi connectivity index (χ1) is 8.69. The number of aliphatic hydroxyl groups is 1. The number of hydrogen-bond donors (Lipinski definition) is 1. The summed E-state index contributed by atoms with van der Waals surface area (Å²) in [6, 6.07) is 9.79. The van der Waals surface area contributed by atoms with Crippen molar-refractivity contribution in [1.29, 1.82) is 0 Å². The number of alkyl halides is 1. The largest absolute Gasteiger partial charge is 0.410 e. The third-order valence-electron chi connectivity index (χ3n) is 3.88. The summed E-state index contributed by atoms with van der Waals surface area (Å²) in [6.07, 6.45) is -0.357. The number of aliphatic hydroxyl groups excluding tert-OH is 1. The van der Waals surface area contributed by atoms with Gasteiger partial charge in [0.2, 0.25) is 0 Å². The minimum Gasteiger partial charge on any atom is -0.410 e. The molecule has 0 aliphatic carbocycles. The summed E-state index contributed by atoms with van der Waals surface area (Å²) in [5.41, 5.74) is 0.988. The van der Waals surface area contributed by atoms with Crippen molar-refractivity contribution in [2.24, 2.45) is 0 Å². The molecule has 4 heteroatoms. The zero-order valence-electron chi connectivity index (χ0n) is 12.5. The van der Waals surface area contributed by atoms with Gasteiger partial charge in [-0.1, -0.05) is 51.1 Å². The molecule has 108 valence electrons. The number of benzene rings is 1. The second-order valence-corrected chi connectivity index (χ2v) is 11.6. The Morgan fingerprint density at radius 2 is 1.74 bits per heavy atom. The van der Waals surface area contributed by atoms with Crippen LogP contribution in [0.15, 0.2) is 30.3 Å². The molecule has 0 unspecified atom stereocenters. The molecule has 19 heavy (non-hydrogen) atoms. The van der Waals surface area contributed by atoms with Gasteiger partial charge in [-0.2, -0.15) is 0 Å². The molecule has 0 fully saturated rings. The maximum Gasteiger partial charge on any atom is 0.192 e. The second kappa shape index (κ2) is 6.40. The Morgan fingerprint density at radius 3 is 2.16 bits per heavy atom. The van der Waals surface area contributed by atoms with Crippen LogP contribution in [-0.4, -0.2) is 26.1 Å². The molecule has 0 spiro atoms. The summed E-state index contributed by atoms with van der Waals surface area (Å²) in [5.74, 6) is 0. The molecule has 1 aromatic carbocycles. The Hall–Kier alpha value is -0.353. The highest BCUT2D eigenvalue weighted by Gasteiger charge is 2.40. The third kappa shape index (κ3) is 4.31. The molecule has 0 saturated heterocycles. The van der Waals surface area contributed by atoms with Crippen LogP contribution in [0, 0.1) is 0 Å². The molecule has 0 heterocycles. The molecule has 0 saturated carbocycles. The van der Waals surface area contributed by atoms with E-state index in [1.165, 1.54) is 0 Å². The fourth-order valence-corrected chi connectivity index (χ4v) is 3.28. The molecule has 0 radical (unpaired) electrons. The molecular formula is C15H25ClO2Si. The van der Waals surface area contributed by atoms with E-state index in [1.54, 1.807) is 0 Å². The molecule has 1 rings (SSSR count). The molecular weight excluding hydrogens is 276 g/mol. The fourth-order valence-electron chi connectivity index (χ4n) is 1.60. The molecule has 0 bridgehead atoms. The van der Waals surface area contributed by atoms with Crippen molar-refractivity contribution in [2.75, 3.05) is 6.61 Å². The van der Waals surface area contributed by atoms with E-state index in [0.29, 0.717) is 0 Å². The first-order valence-corrected chi connectivity index (χ1v) is 10.0. The quantitative estimate of drug-likeness (QED) is 0.647. The molecule has 1 aromatic rings. The van der Waals surface area contributed by atoms with E-state index < -0.39 is 8.32 Å². The Labute approximate surface area is 122 Å². The summed E-state index contributed by atoms with van der Waals surface area (Å²) in [5, 5.41) is 9.39. The summed E-state index contributed by atoms with van der Waals surface area (Å²) < 4.78 is 6.22. The van der Waals surface area contributed by atoms with Crippen molar-refractivity contribution in [3.63, 3.8) is 0 Å². The first-order valence-electron chi connectivity index (χ1n) is 6.67. The molecule has 0 aliphatic rings. The van der Waals surface area contributed by atoms with Gasteiger partial charge in [0.15, 0.2) is 8.32 Å².